The number of nitrogens with zero attached hydrogens (tertiary/aromatic N) is 1. The molecule has 0 radical (unpaired) electrons. The van der Waals surface area contributed by atoms with Crippen molar-refractivity contribution in [3.05, 3.63) is 58.9 Å². The van der Waals surface area contributed by atoms with Gasteiger partial charge in [0.05, 0.1) is 10.8 Å². The minimum atomic E-state index is -1.09. The molecule has 0 saturated carbocycles. The molecule has 0 amide bonds. The predicted octanol–water partition coefficient (Wildman–Crippen LogP) is -1.85. The standard InChI is InChI=1S/C16H13N3O3.ClH/c17-11-7-5-10(6-8-11)15-12-3-1-2-4-13(12)16(22)19(18-15)9-14(20)21;/h1-8H,9,17H2,(H,20,21);1H. The number of aliphatic carboxylic acids is 1. The summed E-state index contributed by atoms with van der Waals surface area (Å²) in [5.74, 6) is -1.09. The first-order chi connectivity index (χ1) is 10.6. The van der Waals surface area contributed by atoms with Gasteiger partial charge < -0.3 is 23.2 Å². The minimum Gasteiger partial charge on any atom is -1.00 e. The van der Waals surface area contributed by atoms with Crippen molar-refractivity contribution in [1.29, 1.82) is 0 Å². The molecule has 0 aliphatic rings. The topological polar surface area (TPSA) is 99.5 Å². The largest absolute Gasteiger partial charge is 1.00 e. The second kappa shape index (κ2) is 6.50. The van der Waals surface area contributed by atoms with Gasteiger partial charge in [0.25, 0.3) is 0 Å². The van der Waals surface area contributed by atoms with Crippen LogP contribution in [0.15, 0.2) is 53.3 Å². The summed E-state index contributed by atoms with van der Waals surface area (Å²) in [5, 5.41) is 13.1. The second-order valence-electron chi connectivity index (χ2n) is 4.94. The Kier molecular flexibility index (Phi) is 4.66. The summed E-state index contributed by atoms with van der Waals surface area (Å²) in [6.45, 7) is -0.425. The van der Waals surface area contributed by atoms with Crippen LogP contribution in [0.25, 0.3) is 22.0 Å². The number of hydrogen-bond donors (Lipinski definition) is 2. The number of rotatable bonds is 3. The lowest BCUT2D eigenvalue weighted by molar-refractivity contribution is -0.483. The summed E-state index contributed by atoms with van der Waals surface area (Å²) in [4.78, 5) is 23.3. The van der Waals surface area contributed by atoms with E-state index in [0.29, 0.717) is 16.8 Å². The Bertz CT molecular complexity index is 920. The fourth-order valence-corrected chi connectivity index (χ4v) is 2.40. The third-order valence-electron chi connectivity index (χ3n) is 3.41. The number of carboxylic acid groups (broad SMARTS) is 1. The van der Waals surface area contributed by atoms with Gasteiger partial charge in [-0.05, 0) is 36.4 Å². The lowest BCUT2D eigenvalue weighted by Crippen LogP contribution is -3.00. The van der Waals surface area contributed by atoms with Crippen LogP contribution < -0.4 is 28.8 Å². The van der Waals surface area contributed by atoms with E-state index in [4.69, 9.17) is 10.8 Å². The Morgan fingerprint density at radius 3 is 2.30 bits per heavy atom. The van der Waals surface area contributed by atoms with Crippen LogP contribution in [0.5, 0.6) is 0 Å². The summed E-state index contributed by atoms with van der Waals surface area (Å²) >= 11 is 0. The molecule has 4 N–H and O–H groups in total. The predicted molar refractivity (Wildman–Crippen MR) is 82.2 cm³/mol. The Labute approximate surface area is 137 Å². The van der Waals surface area contributed by atoms with Crippen LogP contribution in [-0.2, 0) is 11.3 Å². The fraction of sp³-hybridized carbons (Fsp3) is 0.0625. The van der Waals surface area contributed by atoms with Gasteiger partial charge in [-0.1, -0.05) is 12.1 Å². The maximum Gasteiger partial charge on any atom is 0.329 e. The van der Waals surface area contributed by atoms with Crippen molar-refractivity contribution in [1.82, 2.24) is 4.68 Å². The smallest absolute Gasteiger partial charge is 0.329 e. The SMILES string of the molecule is Nc1ccc(-c2[nH+]n(CC(=O)O)c(=O)c3ccccc23)cc1.[Cl-]. The maximum absolute atomic E-state index is 12.3. The van der Waals surface area contributed by atoms with Gasteiger partial charge in [0.1, 0.15) is 0 Å². The average Bonchev–Trinajstić information content (AvgIpc) is 2.51. The van der Waals surface area contributed by atoms with E-state index in [2.05, 4.69) is 5.10 Å². The van der Waals surface area contributed by atoms with Crippen molar-refractivity contribution in [3.8, 4) is 11.3 Å². The van der Waals surface area contributed by atoms with Gasteiger partial charge in [-0.15, -0.1) is 9.78 Å². The van der Waals surface area contributed by atoms with Crippen molar-refractivity contribution in [3.63, 3.8) is 0 Å². The summed E-state index contributed by atoms with van der Waals surface area (Å²) in [6, 6.07) is 14.2. The number of anilines is 1. The Hall–Kier alpha value is -2.86. The zero-order valence-electron chi connectivity index (χ0n) is 12.0. The highest BCUT2D eigenvalue weighted by molar-refractivity contribution is 5.92. The molecule has 7 heteroatoms. The molecule has 0 atom stereocenters. The molecule has 0 bridgehead atoms. The number of H-pyrrole nitrogens is 1. The number of nitrogens with two attached hydrogens (primary N) is 1. The van der Waals surface area contributed by atoms with Crippen LogP contribution >= 0.6 is 0 Å². The molecule has 0 spiro atoms. The van der Waals surface area contributed by atoms with Crippen molar-refractivity contribution >= 4 is 22.4 Å². The highest BCUT2D eigenvalue weighted by Crippen LogP contribution is 2.23. The van der Waals surface area contributed by atoms with E-state index in [-0.39, 0.29) is 18.0 Å². The highest BCUT2D eigenvalue weighted by Gasteiger charge is 2.18. The van der Waals surface area contributed by atoms with E-state index in [9.17, 15) is 9.59 Å². The zero-order chi connectivity index (χ0) is 15.7. The van der Waals surface area contributed by atoms with Crippen molar-refractivity contribution in [2.75, 3.05) is 5.73 Å². The molecule has 0 saturated heterocycles. The number of nitrogen functional groups attached to an aromatic ring is 1. The van der Waals surface area contributed by atoms with Gasteiger partial charge >= 0.3 is 11.5 Å². The van der Waals surface area contributed by atoms with Gasteiger partial charge in [-0.25, -0.2) is 0 Å². The molecule has 6 nitrogen and oxygen atoms in total. The van der Waals surface area contributed by atoms with Gasteiger partial charge in [0.2, 0.25) is 5.69 Å². The minimum absolute atomic E-state index is 0. The second-order valence-corrected chi connectivity index (χ2v) is 4.94. The summed E-state index contributed by atoms with van der Waals surface area (Å²) < 4.78 is 1.09. The third-order valence-corrected chi connectivity index (χ3v) is 3.41. The first kappa shape index (κ1) is 16.5. The molecule has 0 aliphatic heterocycles. The fourth-order valence-electron chi connectivity index (χ4n) is 2.40. The molecule has 0 aliphatic carbocycles. The number of hydrogen-bond acceptors (Lipinski definition) is 3. The van der Waals surface area contributed by atoms with Crippen LogP contribution in [0.2, 0.25) is 0 Å². The molecule has 1 aromatic heterocycles. The van der Waals surface area contributed by atoms with Crippen LogP contribution in [0.3, 0.4) is 0 Å². The van der Waals surface area contributed by atoms with Crippen LogP contribution in [0, 0.1) is 0 Å². The van der Waals surface area contributed by atoms with E-state index in [1.54, 1.807) is 24.3 Å². The van der Waals surface area contributed by atoms with E-state index < -0.39 is 12.5 Å². The number of fused-ring (bicyclic) bond motifs is 1. The number of nitrogens with one attached hydrogen (secondary N) is 1. The zero-order valence-corrected chi connectivity index (χ0v) is 12.7. The normalized spacial score (nSPS) is 10.3. The molecule has 1 heterocycles. The Morgan fingerprint density at radius 1 is 1.09 bits per heavy atom. The third kappa shape index (κ3) is 3.17. The molecule has 3 aromatic rings. The highest BCUT2D eigenvalue weighted by atomic mass is 35.5. The number of aromatic nitrogens is 2. The molecular weight excluding hydrogens is 318 g/mol. The van der Waals surface area contributed by atoms with E-state index in [1.165, 1.54) is 0 Å². The number of benzene rings is 2. The lowest BCUT2D eigenvalue weighted by Gasteiger charge is -2.04. The summed E-state index contributed by atoms with van der Waals surface area (Å²) in [7, 11) is 0. The monoisotopic (exact) mass is 331 g/mol. The molecule has 2 aromatic carbocycles. The molecule has 3 rings (SSSR count). The van der Waals surface area contributed by atoms with Gasteiger partial charge in [-0.3, -0.25) is 9.59 Å². The average molecular weight is 332 g/mol. The number of halogens is 1. The quantitative estimate of drug-likeness (QED) is 0.551. The Balaban J connectivity index is 0.00000192. The summed E-state index contributed by atoms with van der Waals surface area (Å²) in [5.41, 5.74) is 7.46. The molecular formula is C16H14ClN3O3. The number of carboxylic acids is 1. The first-order valence-electron chi connectivity index (χ1n) is 6.69. The lowest BCUT2D eigenvalue weighted by atomic mass is 10.0. The van der Waals surface area contributed by atoms with E-state index in [1.807, 2.05) is 24.3 Å². The van der Waals surface area contributed by atoms with Gasteiger partial charge in [-0.2, -0.15) is 0 Å². The first-order valence-corrected chi connectivity index (χ1v) is 6.69. The molecule has 0 unspecified atom stereocenters. The van der Waals surface area contributed by atoms with Crippen molar-refractivity contribution < 1.29 is 27.4 Å². The maximum atomic E-state index is 12.3. The van der Waals surface area contributed by atoms with E-state index in [0.717, 1.165) is 15.6 Å². The van der Waals surface area contributed by atoms with Crippen LogP contribution in [0.1, 0.15) is 0 Å². The van der Waals surface area contributed by atoms with Crippen molar-refractivity contribution in [2.24, 2.45) is 0 Å². The molecule has 23 heavy (non-hydrogen) atoms. The van der Waals surface area contributed by atoms with Gasteiger partial charge in [0.15, 0.2) is 6.54 Å². The van der Waals surface area contributed by atoms with Crippen LogP contribution in [-0.4, -0.2) is 15.8 Å². The van der Waals surface area contributed by atoms with Crippen molar-refractivity contribution in [2.45, 2.75) is 6.54 Å². The Morgan fingerprint density at radius 2 is 1.70 bits per heavy atom. The number of aromatic amines is 1. The molecule has 0 fully saturated rings. The number of carbonyl (C=O) groups is 1. The molecule has 118 valence electrons. The van der Waals surface area contributed by atoms with E-state index >= 15 is 0 Å². The summed E-state index contributed by atoms with van der Waals surface area (Å²) in [6.07, 6.45) is 0. The van der Waals surface area contributed by atoms with Crippen LogP contribution in [0.4, 0.5) is 5.69 Å². The van der Waals surface area contributed by atoms with Gasteiger partial charge in [0, 0.05) is 11.3 Å².